The van der Waals surface area contributed by atoms with Crippen LogP contribution in [0.2, 0.25) is 5.15 Å². The third-order valence-corrected chi connectivity index (χ3v) is 3.13. The molecule has 1 atom stereocenters. The number of nitrogens with zero attached hydrogens (tertiary/aromatic N) is 1. The summed E-state index contributed by atoms with van der Waals surface area (Å²) < 4.78 is 0. The summed E-state index contributed by atoms with van der Waals surface area (Å²) in [4.78, 5) is 4.11. The molecule has 1 unspecified atom stereocenters. The number of anilines is 1. The fourth-order valence-corrected chi connectivity index (χ4v) is 2.09. The van der Waals surface area contributed by atoms with Crippen LogP contribution in [0.25, 0.3) is 0 Å². The summed E-state index contributed by atoms with van der Waals surface area (Å²) in [5.74, 6) is 0.463. The van der Waals surface area contributed by atoms with Crippen molar-refractivity contribution in [3.63, 3.8) is 0 Å². The van der Waals surface area contributed by atoms with Crippen LogP contribution >= 0.6 is 22.9 Å². The van der Waals surface area contributed by atoms with Crippen molar-refractivity contribution in [3.8, 4) is 0 Å². The van der Waals surface area contributed by atoms with Gasteiger partial charge < -0.3 is 10.4 Å². The van der Waals surface area contributed by atoms with Crippen molar-refractivity contribution >= 4 is 28.1 Å². The van der Waals surface area contributed by atoms with E-state index in [1.807, 2.05) is 0 Å². The van der Waals surface area contributed by atoms with Crippen molar-refractivity contribution in [2.45, 2.75) is 26.3 Å². The van der Waals surface area contributed by atoms with Crippen molar-refractivity contribution in [2.24, 2.45) is 5.92 Å². The molecule has 2 N–H and O–H groups in total. The van der Waals surface area contributed by atoms with Gasteiger partial charge in [0.1, 0.15) is 5.15 Å². The van der Waals surface area contributed by atoms with Gasteiger partial charge in [0.25, 0.3) is 0 Å². The third kappa shape index (κ3) is 3.44. The molecule has 0 aliphatic rings. The zero-order valence-corrected chi connectivity index (χ0v) is 9.90. The minimum atomic E-state index is 0.189. The van der Waals surface area contributed by atoms with Gasteiger partial charge in [-0.3, -0.25) is 0 Å². The Kier molecular flexibility index (Phi) is 4.65. The molecule has 0 aromatic carbocycles. The number of hydrogen-bond acceptors (Lipinski definition) is 4. The molecule has 5 heteroatoms. The number of rotatable bonds is 5. The Hall–Kier alpha value is -0.320. The smallest absolute Gasteiger partial charge is 0.184 e. The van der Waals surface area contributed by atoms with Crippen LogP contribution in [0.3, 0.4) is 0 Å². The summed E-state index contributed by atoms with van der Waals surface area (Å²) in [6.07, 6.45) is 0.731. The van der Waals surface area contributed by atoms with Gasteiger partial charge in [-0.2, -0.15) is 0 Å². The molecule has 1 aromatic rings. The van der Waals surface area contributed by atoms with Gasteiger partial charge in [-0.15, -0.1) is 11.3 Å². The number of halogens is 1. The largest absolute Gasteiger partial charge is 0.396 e. The van der Waals surface area contributed by atoms with Crippen molar-refractivity contribution in [3.05, 3.63) is 10.5 Å². The molecule has 0 saturated heterocycles. The molecule has 1 rings (SSSR count). The van der Waals surface area contributed by atoms with Crippen LogP contribution in [0.15, 0.2) is 5.38 Å². The van der Waals surface area contributed by atoms with Crippen LogP contribution in [-0.4, -0.2) is 22.7 Å². The van der Waals surface area contributed by atoms with Gasteiger partial charge in [0, 0.05) is 18.0 Å². The van der Waals surface area contributed by atoms with E-state index in [2.05, 4.69) is 24.1 Å². The first-order valence-electron chi connectivity index (χ1n) is 4.62. The topological polar surface area (TPSA) is 45.1 Å². The molecular weight excluding hydrogens is 220 g/mol. The third-order valence-electron chi connectivity index (χ3n) is 2.03. The van der Waals surface area contributed by atoms with E-state index in [1.54, 1.807) is 5.38 Å². The summed E-state index contributed by atoms with van der Waals surface area (Å²) in [5, 5.41) is 15.3. The SMILES string of the molecule is CC(C)C(CCO)Nc1nc(Cl)cs1. The fraction of sp³-hybridized carbons (Fsp3) is 0.667. The van der Waals surface area contributed by atoms with E-state index in [4.69, 9.17) is 16.7 Å². The maximum absolute atomic E-state index is 8.89. The lowest BCUT2D eigenvalue weighted by Crippen LogP contribution is -2.26. The molecule has 0 aliphatic carbocycles. The maximum atomic E-state index is 8.89. The van der Waals surface area contributed by atoms with Gasteiger partial charge in [-0.1, -0.05) is 25.4 Å². The van der Waals surface area contributed by atoms with E-state index in [1.165, 1.54) is 11.3 Å². The summed E-state index contributed by atoms with van der Waals surface area (Å²) >= 11 is 7.20. The molecule has 80 valence electrons. The van der Waals surface area contributed by atoms with Crippen LogP contribution in [0.1, 0.15) is 20.3 Å². The van der Waals surface area contributed by atoms with E-state index < -0.39 is 0 Å². The highest BCUT2D eigenvalue weighted by atomic mass is 35.5. The highest BCUT2D eigenvalue weighted by molar-refractivity contribution is 7.14. The van der Waals surface area contributed by atoms with E-state index in [-0.39, 0.29) is 12.6 Å². The molecule has 0 aliphatic heterocycles. The van der Waals surface area contributed by atoms with Crippen molar-refractivity contribution in [1.29, 1.82) is 0 Å². The molecule has 1 heterocycles. The summed E-state index contributed by atoms with van der Waals surface area (Å²) in [6, 6.07) is 0.252. The van der Waals surface area contributed by atoms with Gasteiger partial charge in [0.15, 0.2) is 5.13 Å². The van der Waals surface area contributed by atoms with Gasteiger partial charge in [0.2, 0.25) is 0 Å². The molecule has 0 fully saturated rings. The lowest BCUT2D eigenvalue weighted by molar-refractivity contribution is 0.267. The van der Waals surface area contributed by atoms with Crippen LogP contribution in [0.5, 0.6) is 0 Å². The van der Waals surface area contributed by atoms with E-state index in [0.29, 0.717) is 11.1 Å². The van der Waals surface area contributed by atoms with Crippen LogP contribution in [-0.2, 0) is 0 Å². The zero-order chi connectivity index (χ0) is 10.6. The van der Waals surface area contributed by atoms with Crippen molar-refractivity contribution < 1.29 is 5.11 Å². The Labute approximate surface area is 93.1 Å². The number of aromatic nitrogens is 1. The summed E-state index contributed by atoms with van der Waals surface area (Å²) in [7, 11) is 0. The standard InChI is InChI=1S/C9H15ClN2OS/c1-6(2)7(3-4-13)11-9-12-8(10)5-14-9/h5-7,13H,3-4H2,1-2H3,(H,11,12). The first-order chi connectivity index (χ1) is 6.63. The van der Waals surface area contributed by atoms with Gasteiger partial charge in [-0.25, -0.2) is 4.98 Å². The van der Waals surface area contributed by atoms with Gasteiger partial charge in [-0.05, 0) is 12.3 Å². The number of hydrogen-bond donors (Lipinski definition) is 2. The second-order valence-electron chi connectivity index (χ2n) is 3.48. The number of aliphatic hydroxyl groups excluding tert-OH is 1. The zero-order valence-electron chi connectivity index (χ0n) is 8.33. The molecule has 0 bridgehead atoms. The molecule has 3 nitrogen and oxygen atoms in total. The van der Waals surface area contributed by atoms with E-state index in [0.717, 1.165) is 11.6 Å². The molecule has 0 radical (unpaired) electrons. The first kappa shape index (κ1) is 11.8. The van der Waals surface area contributed by atoms with Crippen LogP contribution < -0.4 is 5.32 Å². The Morgan fingerprint density at radius 3 is 2.79 bits per heavy atom. The summed E-state index contributed by atoms with van der Waals surface area (Å²) in [6.45, 7) is 4.42. The first-order valence-corrected chi connectivity index (χ1v) is 5.87. The Balaban J connectivity index is 2.55. The van der Waals surface area contributed by atoms with Crippen molar-refractivity contribution in [2.75, 3.05) is 11.9 Å². The fourth-order valence-electron chi connectivity index (χ4n) is 1.19. The molecule has 14 heavy (non-hydrogen) atoms. The predicted octanol–water partition coefficient (Wildman–Crippen LogP) is 2.62. The normalized spacial score (nSPS) is 13.2. The van der Waals surface area contributed by atoms with Gasteiger partial charge in [0.05, 0.1) is 0 Å². The second-order valence-corrected chi connectivity index (χ2v) is 4.73. The lowest BCUT2D eigenvalue weighted by Gasteiger charge is -2.20. The number of nitrogens with one attached hydrogen (secondary N) is 1. The second kappa shape index (κ2) is 5.53. The average Bonchev–Trinajstić information content (AvgIpc) is 2.50. The quantitative estimate of drug-likeness (QED) is 0.823. The summed E-state index contributed by atoms with van der Waals surface area (Å²) in [5.41, 5.74) is 0. The van der Waals surface area contributed by atoms with Gasteiger partial charge >= 0.3 is 0 Å². The van der Waals surface area contributed by atoms with Crippen molar-refractivity contribution in [1.82, 2.24) is 4.98 Å². The highest BCUT2D eigenvalue weighted by Gasteiger charge is 2.13. The van der Waals surface area contributed by atoms with Crippen LogP contribution in [0, 0.1) is 5.92 Å². The highest BCUT2D eigenvalue weighted by Crippen LogP contribution is 2.21. The predicted molar refractivity (Wildman–Crippen MR) is 61.1 cm³/mol. The molecule has 0 amide bonds. The average molecular weight is 235 g/mol. The minimum Gasteiger partial charge on any atom is -0.396 e. The Bertz CT molecular complexity index is 278. The molecule has 0 saturated carbocycles. The van der Waals surface area contributed by atoms with E-state index >= 15 is 0 Å². The number of aliphatic hydroxyl groups is 1. The van der Waals surface area contributed by atoms with E-state index in [9.17, 15) is 0 Å². The molecular formula is C9H15ClN2OS. The minimum absolute atomic E-state index is 0.189. The monoisotopic (exact) mass is 234 g/mol. The maximum Gasteiger partial charge on any atom is 0.184 e. The molecule has 1 aromatic heterocycles. The number of thiazole rings is 1. The molecule has 0 spiro atoms. The van der Waals surface area contributed by atoms with Crippen LogP contribution in [0.4, 0.5) is 5.13 Å². The lowest BCUT2D eigenvalue weighted by atomic mass is 10.0. The Morgan fingerprint density at radius 1 is 1.64 bits per heavy atom. The Morgan fingerprint density at radius 2 is 2.36 bits per heavy atom.